The first kappa shape index (κ1) is 21.3. The lowest BCUT2D eigenvalue weighted by Crippen LogP contribution is -2.13. The number of aryl methyl sites for hydroxylation is 1. The molecule has 29 heavy (non-hydrogen) atoms. The third-order valence-corrected chi connectivity index (χ3v) is 5.31. The molecule has 0 heterocycles. The number of carbonyl (C=O) groups excluding carboxylic acids is 1. The topological polar surface area (TPSA) is 47.6 Å². The van der Waals surface area contributed by atoms with Gasteiger partial charge in [-0.3, -0.25) is 4.79 Å². The van der Waals surface area contributed by atoms with Crippen molar-refractivity contribution < 1.29 is 14.3 Å². The summed E-state index contributed by atoms with van der Waals surface area (Å²) in [5, 5.41) is 3.66. The zero-order valence-corrected chi connectivity index (χ0v) is 18.0. The highest BCUT2D eigenvalue weighted by molar-refractivity contribution is 6.44. The highest BCUT2D eigenvalue weighted by atomic mass is 35.5. The third kappa shape index (κ3) is 5.15. The van der Waals surface area contributed by atoms with Crippen LogP contribution in [0, 0.1) is 6.92 Å². The van der Waals surface area contributed by atoms with Crippen LogP contribution in [0.5, 0.6) is 11.5 Å². The molecule has 0 aromatic heterocycles. The summed E-state index contributed by atoms with van der Waals surface area (Å²) in [6.45, 7) is 2.22. The van der Waals surface area contributed by atoms with Crippen LogP contribution < -0.4 is 14.8 Å². The summed E-state index contributed by atoms with van der Waals surface area (Å²) in [5.41, 5.74) is 2.56. The van der Waals surface area contributed by atoms with Gasteiger partial charge >= 0.3 is 0 Å². The number of anilines is 1. The van der Waals surface area contributed by atoms with Gasteiger partial charge in [0.05, 0.1) is 27.9 Å². The quantitative estimate of drug-likeness (QED) is 0.420. The van der Waals surface area contributed by atoms with E-state index in [1.807, 2.05) is 31.2 Å². The molecule has 4 nitrogen and oxygen atoms in total. The van der Waals surface area contributed by atoms with Crippen LogP contribution in [0.2, 0.25) is 15.1 Å². The van der Waals surface area contributed by atoms with E-state index >= 15 is 0 Å². The van der Waals surface area contributed by atoms with Crippen molar-refractivity contribution in [3.05, 3.63) is 86.4 Å². The first-order valence-electron chi connectivity index (χ1n) is 8.70. The van der Waals surface area contributed by atoms with Gasteiger partial charge < -0.3 is 14.8 Å². The van der Waals surface area contributed by atoms with E-state index in [4.69, 9.17) is 44.3 Å². The van der Waals surface area contributed by atoms with Crippen molar-refractivity contribution in [3.8, 4) is 11.5 Å². The van der Waals surface area contributed by atoms with Gasteiger partial charge in [-0.15, -0.1) is 0 Å². The first-order chi connectivity index (χ1) is 13.9. The van der Waals surface area contributed by atoms with Crippen LogP contribution in [0.15, 0.2) is 54.6 Å². The van der Waals surface area contributed by atoms with Gasteiger partial charge in [0.15, 0.2) is 0 Å². The number of rotatable bonds is 6. The van der Waals surface area contributed by atoms with Crippen LogP contribution in [0.1, 0.15) is 21.5 Å². The van der Waals surface area contributed by atoms with Gasteiger partial charge in [0.2, 0.25) is 0 Å². The standard InChI is InChI=1S/C22H18Cl3NO3/c1-13-5-3-4-6-20(13)29-12-15-9-14(7-8-21(15)28-2)22(27)26-19-11-17(24)16(23)10-18(19)25/h3-11H,12H2,1-2H3,(H,26,27). The van der Waals surface area contributed by atoms with Gasteiger partial charge in [0, 0.05) is 11.1 Å². The van der Waals surface area contributed by atoms with Gasteiger partial charge in [-0.1, -0.05) is 53.0 Å². The zero-order chi connectivity index (χ0) is 21.0. The summed E-state index contributed by atoms with van der Waals surface area (Å²) < 4.78 is 11.3. The molecule has 3 rings (SSSR count). The van der Waals surface area contributed by atoms with Crippen LogP contribution >= 0.6 is 34.8 Å². The second-order valence-corrected chi connectivity index (χ2v) is 7.50. The lowest BCUT2D eigenvalue weighted by atomic mass is 10.1. The van der Waals surface area contributed by atoms with Crippen LogP contribution in [-0.4, -0.2) is 13.0 Å². The Morgan fingerprint density at radius 2 is 1.66 bits per heavy atom. The molecular weight excluding hydrogens is 433 g/mol. The molecule has 1 N–H and O–H groups in total. The number of halogens is 3. The second-order valence-electron chi connectivity index (χ2n) is 6.28. The SMILES string of the molecule is COc1ccc(C(=O)Nc2cc(Cl)c(Cl)cc2Cl)cc1COc1ccccc1C. The van der Waals surface area contributed by atoms with Crippen LogP contribution in [0.4, 0.5) is 5.69 Å². The zero-order valence-electron chi connectivity index (χ0n) is 15.8. The molecule has 7 heteroatoms. The third-order valence-electron chi connectivity index (χ3n) is 4.28. The van der Waals surface area contributed by atoms with E-state index in [1.54, 1.807) is 25.3 Å². The number of hydrogen-bond donors (Lipinski definition) is 1. The van der Waals surface area contributed by atoms with Gasteiger partial charge in [-0.05, 0) is 48.9 Å². The molecule has 0 fully saturated rings. The molecule has 0 atom stereocenters. The molecule has 0 bridgehead atoms. The Morgan fingerprint density at radius 1 is 0.931 bits per heavy atom. The van der Waals surface area contributed by atoms with E-state index in [2.05, 4.69) is 5.32 Å². The molecule has 0 aliphatic rings. The lowest BCUT2D eigenvalue weighted by Gasteiger charge is -2.14. The maximum absolute atomic E-state index is 12.7. The maximum Gasteiger partial charge on any atom is 0.255 e. The van der Waals surface area contributed by atoms with Gasteiger partial charge in [-0.2, -0.15) is 0 Å². The first-order valence-corrected chi connectivity index (χ1v) is 9.83. The highest BCUT2D eigenvalue weighted by Crippen LogP contribution is 2.32. The summed E-state index contributed by atoms with van der Waals surface area (Å²) in [5.74, 6) is 1.06. The average molecular weight is 451 g/mol. The molecule has 3 aromatic rings. The summed E-state index contributed by atoms with van der Waals surface area (Å²) in [4.78, 5) is 12.7. The largest absolute Gasteiger partial charge is 0.496 e. The molecule has 0 aliphatic carbocycles. The number of benzene rings is 3. The molecule has 0 aliphatic heterocycles. The van der Waals surface area contributed by atoms with Crippen molar-refractivity contribution in [2.75, 3.05) is 12.4 Å². The van der Waals surface area contributed by atoms with Crippen molar-refractivity contribution in [2.24, 2.45) is 0 Å². The minimum absolute atomic E-state index is 0.253. The minimum Gasteiger partial charge on any atom is -0.496 e. The number of nitrogens with one attached hydrogen (secondary N) is 1. The van der Waals surface area contributed by atoms with Gasteiger partial charge in [-0.25, -0.2) is 0 Å². The van der Waals surface area contributed by atoms with E-state index in [0.717, 1.165) is 16.9 Å². The molecule has 0 radical (unpaired) electrons. The van der Waals surface area contributed by atoms with Crippen molar-refractivity contribution in [3.63, 3.8) is 0 Å². The van der Waals surface area contributed by atoms with Crippen molar-refractivity contribution in [1.82, 2.24) is 0 Å². The Hall–Kier alpha value is -2.40. The van der Waals surface area contributed by atoms with Crippen molar-refractivity contribution >= 4 is 46.4 Å². The van der Waals surface area contributed by atoms with E-state index in [-0.39, 0.29) is 12.5 Å². The number of ether oxygens (including phenoxy) is 2. The second kappa shape index (κ2) is 9.40. The van der Waals surface area contributed by atoms with Crippen LogP contribution in [-0.2, 0) is 6.61 Å². The number of carbonyl (C=O) groups is 1. The Bertz CT molecular complexity index is 1050. The van der Waals surface area contributed by atoms with Gasteiger partial charge in [0.1, 0.15) is 18.1 Å². The molecule has 1 amide bonds. The highest BCUT2D eigenvalue weighted by Gasteiger charge is 2.14. The lowest BCUT2D eigenvalue weighted by molar-refractivity contribution is 0.102. The number of methoxy groups -OCH3 is 1. The number of hydrogen-bond acceptors (Lipinski definition) is 3. The molecule has 0 unspecified atom stereocenters. The Labute approximate surface area is 184 Å². The average Bonchev–Trinajstić information content (AvgIpc) is 2.71. The molecule has 0 spiro atoms. The van der Waals surface area contributed by atoms with Gasteiger partial charge in [0.25, 0.3) is 5.91 Å². The summed E-state index contributed by atoms with van der Waals surface area (Å²) in [6, 6.07) is 15.8. The fourth-order valence-electron chi connectivity index (χ4n) is 2.72. The van der Waals surface area contributed by atoms with E-state index in [9.17, 15) is 4.79 Å². The molecular formula is C22H18Cl3NO3. The minimum atomic E-state index is -0.343. The summed E-state index contributed by atoms with van der Waals surface area (Å²) in [6.07, 6.45) is 0. The van der Waals surface area contributed by atoms with E-state index in [0.29, 0.717) is 32.1 Å². The summed E-state index contributed by atoms with van der Waals surface area (Å²) >= 11 is 18.1. The Morgan fingerprint density at radius 3 is 2.38 bits per heavy atom. The fraction of sp³-hybridized carbons (Fsp3) is 0.136. The predicted molar refractivity (Wildman–Crippen MR) is 118 cm³/mol. The molecule has 150 valence electrons. The van der Waals surface area contributed by atoms with E-state index in [1.165, 1.54) is 12.1 Å². The monoisotopic (exact) mass is 449 g/mol. The van der Waals surface area contributed by atoms with E-state index < -0.39 is 0 Å². The predicted octanol–water partition coefficient (Wildman–Crippen LogP) is 6.80. The fourth-order valence-corrected chi connectivity index (χ4v) is 3.31. The molecule has 0 saturated carbocycles. The normalized spacial score (nSPS) is 10.5. The van der Waals surface area contributed by atoms with Crippen molar-refractivity contribution in [1.29, 1.82) is 0 Å². The Kier molecular flexibility index (Phi) is 6.91. The maximum atomic E-state index is 12.7. The number of para-hydroxylation sites is 1. The summed E-state index contributed by atoms with van der Waals surface area (Å²) in [7, 11) is 1.57. The smallest absolute Gasteiger partial charge is 0.255 e. The van der Waals surface area contributed by atoms with Crippen LogP contribution in [0.25, 0.3) is 0 Å². The van der Waals surface area contributed by atoms with Crippen LogP contribution in [0.3, 0.4) is 0 Å². The molecule has 0 saturated heterocycles. The number of amides is 1. The van der Waals surface area contributed by atoms with Crippen molar-refractivity contribution in [2.45, 2.75) is 13.5 Å². The molecule has 3 aromatic carbocycles. The Balaban J connectivity index is 1.81.